The molecule has 4 nitrogen and oxygen atoms in total. The lowest BCUT2D eigenvalue weighted by molar-refractivity contribution is -0.143. The second-order valence-electron chi connectivity index (χ2n) is 4.13. The lowest BCUT2D eigenvalue weighted by Gasteiger charge is -2.10. The van der Waals surface area contributed by atoms with Gasteiger partial charge in [-0.05, 0) is 32.1 Å². The van der Waals surface area contributed by atoms with Crippen molar-refractivity contribution in [3.05, 3.63) is 12.2 Å². The summed E-state index contributed by atoms with van der Waals surface area (Å²) in [5, 5.41) is 17.4. The van der Waals surface area contributed by atoms with Crippen LogP contribution in [0.3, 0.4) is 0 Å². The summed E-state index contributed by atoms with van der Waals surface area (Å²) in [6.45, 7) is 2.07. The first-order valence-electron chi connectivity index (χ1n) is 6.17. The molecule has 0 saturated heterocycles. The van der Waals surface area contributed by atoms with Gasteiger partial charge in [-0.1, -0.05) is 25.5 Å². The zero-order valence-corrected chi connectivity index (χ0v) is 10.4. The van der Waals surface area contributed by atoms with E-state index < -0.39 is 17.9 Å². The Balaban J connectivity index is 3.74. The molecule has 0 fully saturated rings. The van der Waals surface area contributed by atoms with Crippen molar-refractivity contribution in [2.24, 2.45) is 5.92 Å². The molecular formula is C13H22O4. The van der Waals surface area contributed by atoms with E-state index in [1.54, 1.807) is 0 Å². The van der Waals surface area contributed by atoms with Gasteiger partial charge in [0.25, 0.3) is 0 Å². The Bertz CT molecular complexity index is 258. The van der Waals surface area contributed by atoms with Crippen LogP contribution in [0.2, 0.25) is 0 Å². The third-order valence-corrected chi connectivity index (χ3v) is 2.63. The normalized spacial score (nSPS) is 12.8. The molecule has 0 aliphatic rings. The first-order valence-corrected chi connectivity index (χ1v) is 6.17. The van der Waals surface area contributed by atoms with Crippen molar-refractivity contribution < 1.29 is 19.8 Å². The van der Waals surface area contributed by atoms with Gasteiger partial charge in [0.15, 0.2) is 0 Å². The van der Waals surface area contributed by atoms with E-state index in [0.717, 1.165) is 25.7 Å². The van der Waals surface area contributed by atoms with Gasteiger partial charge in [-0.3, -0.25) is 9.59 Å². The highest BCUT2D eigenvalue weighted by Gasteiger charge is 2.17. The Morgan fingerprint density at radius 3 is 2.35 bits per heavy atom. The molecule has 0 spiro atoms. The molecule has 0 radical (unpaired) electrons. The molecular weight excluding hydrogens is 220 g/mol. The van der Waals surface area contributed by atoms with E-state index in [9.17, 15) is 9.59 Å². The van der Waals surface area contributed by atoms with Crippen molar-refractivity contribution >= 4 is 11.9 Å². The van der Waals surface area contributed by atoms with Gasteiger partial charge in [0.05, 0.1) is 5.92 Å². The maximum Gasteiger partial charge on any atom is 0.306 e. The van der Waals surface area contributed by atoms with Crippen LogP contribution >= 0.6 is 0 Å². The van der Waals surface area contributed by atoms with Crippen LogP contribution in [-0.4, -0.2) is 22.2 Å². The molecule has 0 heterocycles. The molecule has 2 N–H and O–H groups in total. The summed E-state index contributed by atoms with van der Waals surface area (Å²) in [6, 6.07) is 0. The van der Waals surface area contributed by atoms with E-state index in [-0.39, 0.29) is 12.8 Å². The second-order valence-corrected chi connectivity index (χ2v) is 4.13. The molecule has 4 heteroatoms. The number of allylic oxidation sites excluding steroid dienone is 2. The quantitative estimate of drug-likeness (QED) is 0.456. The van der Waals surface area contributed by atoms with Gasteiger partial charge in [0, 0.05) is 6.42 Å². The standard InChI is InChI=1S/C13H22O4/c1-2-3-4-5-6-7-8-11(13(16)17)9-10-12(14)15/h3-4,11H,2,5-10H2,1H3,(H,14,15)(H,16,17). The molecule has 0 bridgehead atoms. The van der Waals surface area contributed by atoms with Crippen molar-refractivity contribution in [3.8, 4) is 0 Å². The van der Waals surface area contributed by atoms with Crippen LogP contribution in [0.25, 0.3) is 0 Å². The molecule has 0 aromatic heterocycles. The Kier molecular flexibility index (Phi) is 9.11. The summed E-state index contributed by atoms with van der Waals surface area (Å²) in [6.07, 6.45) is 8.74. The lowest BCUT2D eigenvalue weighted by Crippen LogP contribution is -2.15. The van der Waals surface area contributed by atoms with Gasteiger partial charge in [-0.2, -0.15) is 0 Å². The van der Waals surface area contributed by atoms with E-state index in [1.165, 1.54) is 0 Å². The summed E-state index contributed by atoms with van der Waals surface area (Å²) in [7, 11) is 0. The van der Waals surface area contributed by atoms with E-state index in [1.807, 2.05) is 0 Å². The van der Waals surface area contributed by atoms with Gasteiger partial charge in [0.2, 0.25) is 0 Å². The monoisotopic (exact) mass is 242 g/mol. The van der Waals surface area contributed by atoms with Crippen molar-refractivity contribution in [1.29, 1.82) is 0 Å². The number of carboxylic acid groups (broad SMARTS) is 2. The summed E-state index contributed by atoms with van der Waals surface area (Å²) in [5.74, 6) is -2.32. The van der Waals surface area contributed by atoms with Crippen LogP contribution in [0.1, 0.15) is 51.9 Å². The van der Waals surface area contributed by atoms with Gasteiger partial charge in [0.1, 0.15) is 0 Å². The highest BCUT2D eigenvalue weighted by Crippen LogP contribution is 2.16. The molecule has 0 aromatic carbocycles. The van der Waals surface area contributed by atoms with Crippen LogP contribution in [0.5, 0.6) is 0 Å². The minimum absolute atomic E-state index is 0.0628. The fourth-order valence-electron chi connectivity index (χ4n) is 1.63. The van der Waals surface area contributed by atoms with E-state index in [0.29, 0.717) is 6.42 Å². The zero-order valence-electron chi connectivity index (χ0n) is 10.4. The van der Waals surface area contributed by atoms with Gasteiger partial charge in [-0.15, -0.1) is 0 Å². The van der Waals surface area contributed by atoms with E-state index in [4.69, 9.17) is 10.2 Å². The third kappa shape index (κ3) is 9.60. The molecule has 1 unspecified atom stereocenters. The topological polar surface area (TPSA) is 74.6 Å². The molecule has 0 aliphatic heterocycles. The van der Waals surface area contributed by atoms with E-state index in [2.05, 4.69) is 19.1 Å². The van der Waals surface area contributed by atoms with Crippen LogP contribution in [-0.2, 0) is 9.59 Å². The van der Waals surface area contributed by atoms with Crippen molar-refractivity contribution in [2.45, 2.75) is 51.9 Å². The maximum absolute atomic E-state index is 10.9. The Labute approximate surface area is 102 Å². The molecule has 0 aromatic rings. The highest BCUT2D eigenvalue weighted by molar-refractivity contribution is 5.72. The number of hydrogen-bond acceptors (Lipinski definition) is 2. The van der Waals surface area contributed by atoms with Crippen molar-refractivity contribution in [1.82, 2.24) is 0 Å². The zero-order chi connectivity index (χ0) is 13.1. The summed E-state index contributed by atoms with van der Waals surface area (Å²) >= 11 is 0. The summed E-state index contributed by atoms with van der Waals surface area (Å²) in [5.41, 5.74) is 0. The average molecular weight is 242 g/mol. The Hall–Kier alpha value is -1.32. The minimum atomic E-state index is -0.929. The van der Waals surface area contributed by atoms with Crippen LogP contribution < -0.4 is 0 Å². The summed E-state index contributed by atoms with van der Waals surface area (Å²) < 4.78 is 0. The van der Waals surface area contributed by atoms with Crippen LogP contribution in [0.4, 0.5) is 0 Å². The molecule has 0 saturated carbocycles. The molecule has 1 atom stereocenters. The van der Waals surface area contributed by atoms with E-state index >= 15 is 0 Å². The average Bonchev–Trinajstić information content (AvgIpc) is 2.26. The Morgan fingerprint density at radius 2 is 1.82 bits per heavy atom. The third-order valence-electron chi connectivity index (χ3n) is 2.63. The first kappa shape index (κ1) is 15.7. The summed E-state index contributed by atoms with van der Waals surface area (Å²) in [4.78, 5) is 21.2. The largest absolute Gasteiger partial charge is 0.481 e. The molecule has 17 heavy (non-hydrogen) atoms. The fourth-order valence-corrected chi connectivity index (χ4v) is 1.63. The predicted molar refractivity (Wildman–Crippen MR) is 65.9 cm³/mol. The maximum atomic E-state index is 10.9. The van der Waals surface area contributed by atoms with Gasteiger partial charge in [-0.25, -0.2) is 0 Å². The Morgan fingerprint density at radius 1 is 1.12 bits per heavy atom. The number of unbranched alkanes of at least 4 members (excludes halogenated alkanes) is 2. The molecule has 98 valence electrons. The molecule has 0 amide bonds. The predicted octanol–water partition coefficient (Wildman–Crippen LogP) is 3.08. The van der Waals surface area contributed by atoms with Gasteiger partial charge >= 0.3 is 11.9 Å². The second kappa shape index (κ2) is 9.87. The minimum Gasteiger partial charge on any atom is -0.481 e. The molecule has 0 rings (SSSR count). The van der Waals surface area contributed by atoms with Gasteiger partial charge < -0.3 is 10.2 Å². The number of rotatable bonds is 10. The van der Waals surface area contributed by atoms with Crippen molar-refractivity contribution in [2.75, 3.05) is 0 Å². The van der Waals surface area contributed by atoms with Crippen LogP contribution in [0, 0.1) is 5.92 Å². The van der Waals surface area contributed by atoms with Crippen LogP contribution in [0.15, 0.2) is 12.2 Å². The SMILES string of the molecule is CCC=CCCCCC(CCC(=O)O)C(=O)O. The number of carboxylic acids is 2. The number of aliphatic carboxylic acids is 2. The lowest BCUT2D eigenvalue weighted by atomic mass is 9.96. The fraction of sp³-hybridized carbons (Fsp3) is 0.692. The van der Waals surface area contributed by atoms with Crippen molar-refractivity contribution in [3.63, 3.8) is 0 Å². The highest BCUT2D eigenvalue weighted by atomic mass is 16.4. The number of hydrogen-bond donors (Lipinski definition) is 2. The first-order chi connectivity index (χ1) is 8.07. The molecule has 0 aliphatic carbocycles. The number of carbonyl (C=O) groups is 2. The smallest absolute Gasteiger partial charge is 0.306 e.